The first kappa shape index (κ1) is 22.8. The van der Waals surface area contributed by atoms with Crippen molar-refractivity contribution < 1.29 is 9.90 Å². The molecule has 2 N–H and O–H groups in total. The van der Waals surface area contributed by atoms with Gasteiger partial charge in [0.2, 0.25) is 11.8 Å². The highest BCUT2D eigenvalue weighted by Gasteiger charge is 2.19. The highest BCUT2D eigenvalue weighted by molar-refractivity contribution is 7.99. The molecule has 4 aromatic carbocycles. The summed E-state index contributed by atoms with van der Waals surface area (Å²) in [6.07, 6.45) is 3.72. The largest absolute Gasteiger partial charge is 0.493 e. The Kier molecular flexibility index (Phi) is 6.04. The molecule has 6 rings (SSSR count). The third-order valence-electron chi connectivity index (χ3n) is 6.00. The Hall–Kier alpha value is -4.62. The second kappa shape index (κ2) is 9.79. The molecule has 0 unspecified atom stereocenters. The Balaban J connectivity index is 1.27. The Morgan fingerprint density at radius 3 is 2.51 bits per heavy atom. The number of para-hydroxylation sites is 2. The molecule has 7 heteroatoms. The van der Waals surface area contributed by atoms with Crippen molar-refractivity contribution in [2.75, 3.05) is 11.1 Å². The van der Waals surface area contributed by atoms with Crippen LogP contribution in [0.15, 0.2) is 113 Å². The lowest BCUT2D eigenvalue weighted by Gasteiger charge is -2.09. The monoisotopic (exact) mass is 502 g/mol. The van der Waals surface area contributed by atoms with Gasteiger partial charge in [-0.25, -0.2) is 9.98 Å². The van der Waals surface area contributed by atoms with Crippen LogP contribution in [0.4, 0.5) is 5.69 Å². The summed E-state index contributed by atoms with van der Waals surface area (Å²) < 4.78 is 1.66. The van der Waals surface area contributed by atoms with Gasteiger partial charge < -0.3 is 10.4 Å². The molecule has 0 saturated carbocycles. The number of carbonyl (C=O) groups excluding carboxylic acids is 1. The number of nitrogens with one attached hydrogen (secondary N) is 1. The molecule has 1 aliphatic rings. The van der Waals surface area contributed by atoms with Crippen molar-refractivity contribution in [1.29, 1.82) is 0 Å². The van der Waals surface area contributed by atoms with Gasteiger partial charge in [-0.15, -0.1) is 0 Å². The van der Waals surface area contributed by atoms with E-state index in [1.807, 2.05) is 103 Å². The fraction of sp³-hybridized carbons (Fsp3) is 0.0333. The molecule has 0 spiro atoms. The summed E-state index contributed by atoms with van der Waals surface area (Å²) in [6, 6.07) is 31.2. The normalized spacial score (nSPS) is 13.2. The number of amides is 1. The SMILES string of the molecule is O=C(CSc1nc(/C=C2/C=c3ccccc3=N2)c(O)n1-c1ccccc1)Nc1ccc2ccccc2c1. The Bertz CT molecular complexity index is 1750. The Morgan fingerprint density at radius 1 is 0.919 bits per heavy atom. The van der Waals surface area contributed by atoms with E-state index in [9.17, 15) is 9.90 Å². The molecule has 0 atom stereocenters. The lowest BCUT2D eigenvalue weighted by Crippen LogP contribution is -2.19. The molecular formula is C30H22N4O2S. The van der Waals surface area contributed by atoms with E-state index in [0.717, 1.165) is 32.7 Å². The summed E-state index contributed by atoms with van der Waals surface area (Å²) in [5, 5.41) is 18.7. The lowest BCUT2D eigenvalue weighted by molar-refractivity contribution is -0.113. The average Bonchev–Trinajstić information content (AvgIpc) is 3.48. The number of rotatable bonds is 6. The molecule has 0 bridgehead atoms. The molecule has 37 heavy (non-hydrogen) atoms. The highest BCUT2D eigenvalue weighted by Crippen LogP contribution is 2.32. The average molecular weight is 503 g/mol. The zero-order chi connectivity index (χ0) is 25.2. The second-order valence-electron chi connectivity index (χ2n) is 8.56. The van der Waals surface area contributed by atoms with Crippen LogP contribution in [0.1, 0.15) is 5.69 Å². The zero-order valence-electron chi connectivity index (χ0n) is 19.7. The molecule has 1 amide bonds. The van der Waals surface area contributed by atoms with Gasteiger partial charge >= 0.3 is 0 Å². The van der Waals surface area contributed by atoms with Gasteiger partial charge in [-0.1, -0.05) is 78.5 Å². The number of benzene rings is 4. The third kappa shape index (κ3) is 4.77. The fourth-order valence-electron chi connectivity index (χ4n) is 4.26. The molecule has 180 valence electrons. The number of fused-ring (bicyclic) bond motifs is 2. The van der Waals surface area contributed by atoms with Crippen LogP contribution in [0.25, 0.3) is 28.6 Å². The quantitative estimate of drug-likeness (QED) is 0.323. The van der Waals surface area contributed by atoms with E-state index in [1.54, 1.807) is 10.6 Å². The smallest absolute Gasteiger partial charge is 0.234 e. The molecule has 2 heterocycles. The Labute approximate surface area is 217 Å². The molecule has 0 fully saturated rings. The van der Waals surface area contributed by atoms with E-state index >= 15 is 0 Å². The van der Waals surface area contributed by atoms with Gasteiger partial charge in [-0.2, -0.15) is 0 Å². The first-order valence-corrected chi connectivity index (χ1v) is 12.8. The van der Waals surface area contributed by atoms with Crippen molar-refractivity contribution in [3.63, 3.8) is 0 Å². The van der Waals surface area contributed by atoms with E-state index in [4.69, 9.17) is 0 Å². The van der Waals surface area contributed by atoms with Crippen molar-refractivity contribution in [2.45, 2.75) is 5.16 Å². The van der Waals surface area contributed by atoms with Crippen LogP contribution in [0, 0.1) is 0 Å². The third-order valence-corrected chi connectivity index (χ3v) is 6.94. The van der Waals surface area contributed by atoms with E-state index in [-0.39, 0.29) is 17.5 Å². The molecule has 1 aromatic heterocycles. The van der Waals surface area contributed by atoms with Crippen LogP contribution in [0.2, 0.25) is 0 Å². The van der Waals surface area contributed by atoms with E-state index in [0.29, 0.717) is 16.5 Å². The van der Waals surface area contributed by atoms with Crippen LogP contribution in [0.3, 0.4) is 0 Å². The maximum atomic E-state index is 12.8. The second-order valence-corrected chi connectivity index (χ2v) is 9.50. The molecule has 0 radical (unpaired) electrons. The van der Waals surface area contributed by atoms with Crippen LogP contribution in [-0.4, -0.2) is 26.3 Å². The van der Waals surface area contributed by atoms with Crippen LogP contribution >= 0.6 is 11.8 Å². The molecule has 5 aromatic rings. The number of hydrogen-bond donors (Lipinski definition) is 2. The molecular weight excluding hydrogens is 480 g/mol. The number of anilines is 1. The summed E-state index contributed by atoms with van der Waals surface area (Å²) in [4.78, 5) is 22.1. The van der Waals surface area contributed by atoms with Gasteiger partial charge in [0, 0.05) is 10.9 Å². The predicted octanol–water partition coefficient (Wildman–Crippen LogP) is 4.92. The molecule has 0 saturated heterocycles. The van der Waals surface area contributed by atoms with Crippen LogP contribution < -0.4 is 15.9 Å². The van der Waals surface area contributed by atoms with E-state index in [2.05, 4.69) is 15.3 Å². The van der Waals surface area contributed by atoms with Crippen molar-refractivity contribution in [1.82, 2.24) is 9.55 Å². The first-order chi connectivity index (χ1) is 18.1. The summed E-state index contributed by atoms with van der Waals surface area (Å²) in [6.45, 7) is 0. The Morgan fingerprint density at radius 2 is 1.68 bits per heavy atom. The molecule has 1 aliphatic heterocycles. The zero-order valence-corrected chi connectivity index (χ0v) is 20.5. The maximum Gasteiger partial charge on any atom is 0.234 e. The van der Waals surface area contributed by atoms with Crippen molar-refractivity contribution in [2.24, 2.45) is 4.99 Å². The van der Waals surface area contributed by atoms with E-state index in [1.165, 1.54) is 11.8 Å². The predicted molar refractivity (Wildman–Crippen MR) is 148 cm³/mol. The lowest BCUT2D eigenvalue weighted by atomic mass is 10.1. The standard InChI is InChI=1S/C30H22N4O2S/c35-28(32-23-15-14-20-8-4-5-9-21(20)16-23)19-37-30-33-27(29(36)34(30)25-11-2-1-3-12-25)18-24-17-22-10-6-7-13-26(22)31-24/h1-18,36H,19H2,(H,32,35)/b24-18-. The number of aromatic hydroxyl groups is 1. The number of carbonyl (C=O) groups is 1. The maximum absolute atomic E-state index is 12.8. The van der Waals surface area contributed by atoms with E-state index < -0.39 is 0 Å². The fourth-order valence-corrected chi connectivity index (χ4v) is 5.08. The van der Waals surface area contributed by atoms with Gasteiger partial charge in [-0.3, -0.25) is 9.36 Å². The molecule has 6 nitrogen and oxygen atoms in total. The van der Waals surface area contributed by atoms with Gasteiger partial charge in [0.25, 0.3) is 0 Å². The number of allylic oxidation sites excluding steroid dienone is 1. The molecule has 0 aliphatic carbocycles. The minimum atomic E-state index is -0.156. The first-order valence-electron chi connectivity index (χ1n) is 11.8. The van der Waals surface area contributed by atoms with Gasteiger partial charge in [0.1, 0.15) is 5.69 Å². The minimum Gasteiger partial charge on any atom is -0.493 e. The van der Waals surface area contributed by atoms with Gasteiger partial charge in [0.15, 0.2) is 5.16 Å². The van der Waals surface area contributed by atoms with Gasteiger partial charge in [-0.05, 0) is 53.3 Å². The number of hydrogen-bond acceptors (Lipinski definition) is 5. The minimum absolute atomic E-state index is 0.00399. The van der Waals surface area contributed by atoms with Crippen LogP contribution in [-0.2, 0) is 4.79 Å². The van der Waals surface area contributed by atoms with Crippen molar-refractivity contribution >= 4 is 46.3 Å². The number of aromatic nitrogens is 2. The van der Waals surface area contributed by atoms with Crippen molar-refractivity contribution in [3.8, 4) is 11.6 Å². The summed E-state index contributed by atoms with van der Waals surface area (Å²) in [7, 11) is 0. The number of thioether (sulfide) groups is 1. The highest BCUT2D eigenvalue weighted by atomic mass is 32.2. The summed E-state index contributed by atoms with van der Waals surface area (Å²) in [5.41, 5.74) is 2.59. The van der Waals surface area contributed by atoms with Crippen LogP contribution in [0.5, 0.6) is 5.88 Å². The van der Waals surface area contributed by atoms with Crippen molar-refractivity contribution in [3.05, 3.63) is 119 Å². The number of imidazole rings is 1. The van der Waals surface area contributed by atoms with Gasteiger partial charge in [0.05, 0.1) is 22.5 Å². The summed E-state index contributed by atoms with van der Waals surface area (Å²) in [5.74, 6) is -0.0267. The number of nitrogens with zero attached hydrogens (tertiary/aromatic N) is 3. The topological polar surface area (TPSA) is 79.5 Å². The summed E-state index contributed by atoms with van der Waals surface area (Å²) >= 11 is 1.26.